The monoisotopic (exact) mass is 489 g/mol. The highest BCUT2D eigenvalue weighted by Gasteiger charge is 2.45. The molecule has 9 nitrogen and oxygen atoms in total. The van der Waals surface area contributed by atoms with Crippen molar-refractivity contribution >= 4 is 21.0 Å². The predicted octanol–water partition coefficient (Wildman–Crippen LogP) is 5.10. The molecule has 2 N–H and O–H groups in total. The van der Waals surface area contributed by atoms with Gasteiger partial charge in [0.15, 0.2) is 0 Å². The molecule has 1 radical (unpaired) electrons. The lowest BCUT2D eigenvalue weighted by atomic mass is 10.1. The van der Waals surface area contributed by atoms with Gasteiger partial charge in [-0.25, -0.2) is 14.6 Å². The van der Waals surface area contributed by atoms with Crippen LogP contribution < -0.4 is 15.7 Å². The lowest BCUT2D eigenvalue weighted by Gasteiger charge is -2.30. The second-order valence-corrected chi connectivity index (χ2v) is 10.2. The first-order valence-corrected chi connectivity index (χ1v) is 14.7. The first-order chi connectivity index (χ1) is 16.0. The molecular formula is C23H49N4O5Si. The van der Waals surface area contributed by atoms with E-state index in [1.54, 1.807) is 20.8 Å². The van der Waals surface area contributed by atoms with Crippen LogP contribution in [0.25, 0.3) is 0 Å². The Bertz CT molecular complexity index is 482. The van der Waals surface area contributed by atoms with Crippen molar-refractivity contribution in [3.8, 4) is 0 Å². The molecule has 0 aromatic rings. The van der Waals surface area contributed by atoms with Crippen molar-refractivity contribution in [2.45, 2.75) is 105 Å². The molecule has 33 heavy (non-hydrogen) atoms. The molecule has 0 saturated heterocycles. The fourth-order valence-corrected chi connectivity index (χ4v) is 5.36. The summed E-state index contributed by atoms with van der Waals surface area (Å²) in [5.74, 6) is 0. The summed E-state index contributed by atoms with van der Waals surface area (Å²) in [6, 6.07) is -1.08. The Morgan fingerprint density at radius 3 is 1.67 bits per heavy atom. The molecule has 195 valence electrons. The summed E-state index contributed by atoms with van der Waals surface area (Å²) < 4.78 is 17.0. The highest BCUT2D eigenvalue weighted by atomic mass is 28.4. The third kappa shape index (κ3) is 16.0. The average molecular weight is 490 g/mol. The Labute approximate surface area is 203 Å². The van der Waals surface area contributed by atoms with E-state index in [0.29, 0.717) is 39.3 Å². The first-order valence-electron chi connectivity index (χ1n) is 13.0. The van der Waals surface area contributed by atoms with Gasteiger partial charge in [-0.05, 0) is 33.6 Å². The van der Waals surface area contributed by atoms with Gasteiger partial charge in [0.1, 0.15) is 0 Å². The van der Waals surface area contributed by atoms with Gasteiger partial charge < -0.3 is 18.6 Å². The lowest BCUT2D eigenvalue weighted by Crippen LogP contribution is -2.64. The van der Waals surface area contributed by atoms with E-state index in [4.69, 9.17) is 13.3 Å². The standard InChI is InChI=1S/C23H49N4O5Si/c1-6-11-12-13-14-15-16-17-18-19-20-24-22(28)25-27(21-7-2)23(29)26-33(30-8-3,31-9-4)32-10-5/h6-21H2,1-5H3,(H,24,28)(H,26,29). The minimum Gasteiger partial charge on any atom is -0.357 e. The lowest BCUT2D eigenvalue weighted by molar-refractivity contribution is 0.0595. The Kier molecular flexibility index (Phi) is 20.3. The van der Waals surface area contributed by atoms with Gasteiger partial charge in [0.05, 0.1) is 0 Å². The van der Waals surface area contributed by atoms with Crippen molar-refractivity contribution in [2.24, 2.45) is 0 Å². The third-order valence-corrected chi connectivity index (χ3v) is 7.48. The van der Waals surface area contributed by atoms with Gasteiger partial charge >= 0.3 is 21.0 Å². The average Bonchev–Trinajstić information content (AvgIpc) is 2.77. The van der Waals surface area contributed by atoms with Crippen LogP contribution in [-0.2, 0) is 13.3 Å². The Balaban J connectivity index is 4.34. The summed E-state index contributed by atoms with van der Waals surface area (Å²) in [4.78, 5) is 27.8. The molecule has 10 heteroatoms. The fourth-order valence-electron chi connectivity index (χ4n) is 3.36. The number of hydrogen-bond donors (Lipinski definition) is 2. The maximum atomic E-state index is 12.8. The van der Waals surface area contributed by atoms with Crippen LogP contribution in [0.3, 0.4) is 0 Å². The van der Waals surface area contributed by atoms with Crippen LogP contribution in [-0.4, -0.2) is 58.9 Å². The molecule has 0 aromatic heterocycles. The number of carbonyl (C=O) groups excluding carboxylic acids is 2. The van der Waals surface area contributed by atoms with Gasteiger partial charge in [-0.15, -0.1) is 5.43 Å². The minimum atomic E-state index is -3.39. The normalized spacial score (nSPS) is 11.3. The van der Waals surface area contributed by atoms with Crippen molar-refractivity contribution < 1.29 is 22.9 Å². The Morgan fingerprint density at radius 1 is 0.727 bits per heavy atom. The molecule has 0 heterocycles. The van der Waals surface area contributed by atoms with Gasteiger partial charge in [0.2, 0.25) is 0 Å². The number of hydrogen-bond acceptors (Lipinski definition) is 5. The van der Waals surface area contributed by atoms with E-state index in [9.17, 15) is 9.59 Å². The highest BCUT2D eigenvalue weighted by Crippen LogP contribution is 2.10. The number of carbonyl (C=O) groups is 2. The summed E-state index contributed by atoms with van der Waals surface area (Å²) in [6.45, 7) is 11.4. The van der Waals surface area contributed by atoms with Crippen molar-refractivity contribution in [3.63, 3.8) is 0 Å². The zero-order valence-electron chi connectivity index (χ0n) is 21.7. The minimum absolute atomic E-state index is 0.298. The summed E-state index contributed by atoms with van der Waals surface area (Å²) in [5, 5.41) is 3.90. The fraction of sp³-hybridized carbons (Fsp3) is 0.913. The van der Waals surface area contributed by atoms with Crippen molar-refractivity contribution in [1.29, 1.82) is 0 Å². The third-order valence-electron chi connectivity index (χ3n) is 4.95. The topological polar surface area (TPSA) is 103 Å². The molecule has 0 fully saturated rings. The van der Waals surface area contributed by atoms with Gasteiger partial charge in [0.25, 0.3) is 0 Å². The predicted molar refractivity (Wildman–Crippen MR) is 134 cm³/mol. The summed E-state index contributed by atoms with van der Waals surface area (Å²) >= 11 is 0. The molecule has 4 amide bonds. The summed E-state index contributed by atoms with van der Waals surface area (Å²) in [6.07, 6.45) is 13.0. The molecule has 0 aliphatic carbocycles. The van der Waals surface area contributed by atoms with Crippen LogP contribution in [0.1, 0.15) is 105 Å². The molecule has 0 aliphatic heterocycles. The summed E-state index contributed by atoms with van der Waals surface area (Å²) in [5.41, 5.74) is 3.94. The van der Waals surface area contributed by atoms with E-state index >= 15 is 0 Å². The second kappa shape index (κ2) is 21.2. The molecule has 0 saturated carbocycles. The Hall–Kier alpha value is -1.36. The number of nitrogens with one attached hydrogen (secondary N) is 2. The number of urea groups is 2. The van der Waals surface area contributed by atoms with Gasteiger partial charge in [0, 0.05) is 32.9 Å². The SMILES string of the molecule is CCCCCCCCCCCCNC(=O)[N]N(CCC)C(=O)N[Si](OCC)(OCC)OCC. The van der Waals surface area contributed by atoms with Crippen molar-refractivity contribution in [1.82, 2.24) is 20.7 Å². The van der Waals surface area contributed by atoms with Crippen LogP contribution in [0.2, 0.25) is 0 Å². The maximum absolute atomic E-state index is 12.8. The van der Waals surface area contributed by atoms with Gasteiger partial charge in [-0.3, -0.25) is 4.98 Å². The van der Waals surface area contributed by atoms with E-state index in [-0.39, 0.29) is 0 Å². The molecule has 0 bridgehead atoms. The number of rotatable bonds is 20. The molecule has 0 aromatic carbocycles. The van der Waals surface area contributed by atoms with E-state index in [2.05, 4.69) is 22.6 Å². The molecule has 0 rings (SSSR count). The van der Waals surface area contributed by atoms with Crippen molar-refractivity contribution in [3.05, 3.63) is 0 Å². The molecule has 0 aliphatic rings. The van der Waals surface area contributed by atoms with Crippen molar-refractivity contribution in [2.75, 3.05) is 32.9 Å². The molecule has 0 unspecified atom stereocenters. The first kappa shape index (κ1) is 31.6. The maximum Gasteiger partial charge on any atom is 0.634 e. The number of unbranched alkanes of at least 4 members (excludes halogenated alkanes) is 9. The van der Waals surface area contributed by atoms with E-state index in [1.807, 2.05) is 6.92 Å². The number of amides is 4. The zero-order valence-corrected chi connectivity index (χ0v) is 22.7. The Morgan fingerprint density at radius 2 is 1.21 bits per heavy atom. The molecule has 0 spiro atoms. The zero-order chi connectivity index (χ0) is 24.8. The van der Waals surface area contributed by atoms with Crippen LogP contribution in [0.15, 0.2) is 0 Å². The molecule has 0 atom stereocenters. The van der Waals surface area contributed by atoms with Gasteiger partial charge in [-0.1, -0.05) is 71.6 Å². The number of nitrogens with zero attached hydrogens (tertiary/aromatic N) is 2. The van der Waals surface area contributed by atoms with Crippen LogP contribution >= 0.6 is 0 Å². The van der Waals surface area contributed by atoms with E-state index in [0.717, 1.165) is 17.9 Å². The van der Waals surface area contributed by atoms with Crippen LogP contribution in [0.4, 0.5) is 9.59 Å². The highest BCUT2D eigenvalue weighted by molar-refractivity contribution is 6.60. The second-order valence-electron chi connectivity index (χ2n) is 7.92. The van der Waals surface area contributed by atoms with E-state index < -0.39 is 21.0 Å². The summed E-state index contributed by atoms with van der Waals surface area (Å²) in [7, 11) is -3.39. The van der Waals surface area contributed by atoms with Gasteiger partial charge in [-0.2, -0.15) is 0 Å². The largest absolute Gasteiger partial charge is 0.634 e. The van der Waals surface area contributed by atoms with Crippen LogP contribution in [0, 0.1) is 0 Å². The molecular weight excluding hydrogens is 440 g/mol. The van der Waals surface area contributed by atoms with Crippen LogP contribution in [0.5, 0.6) is 0 Å². The smallest absolute Gasteiger partial charge is 0.357 e. The van der Waals surface area contributed by atoms with E-state index in [1.165, 1.54) is 51.4 Å². The quantitative estimate of drug-likeness (QED) is 0.141.